The molecule has 84 valence electrons. The molecule has 0 spiro atoms. The number of likely N-dealkylation sites (N-methyl/N-ethyl adjacent to an activating group) is 1. The quantitative estimate of drug-likeness (QED) is 0.558. The summed E-state index contributed by atoms with van der Waals surface area (Å²) >= 11 is 11.3. The fourth-order valence-electron chi connectivity index (χ4n) is 1.37. The molecule has 1 fully saturated rings. The second kappa shape index (κ2) is 5.69. The summed E-state index contributed by atoms with van der Waals surface area (Å²) in [6, 6.07) is 0. The van der Waals surface area contributed by atoms with Crippen molar-refractivity contribution in [2.75, 3.05) is 45.0 Å². The topological polar surface area (TPSA) is 32.8 Å². The Morgan fingerprint density at radius 3 is 2.36 bits per heavy atom. The normalized spacial score (nSPS) is 28.9. The molecule has 0 aromatic carbocycles. The summed E-state index contributed by atoms with van der Waals surface area (Å²) in [6.45, 7) is 2.28. The Labute approximate surface area is 94.7 Å². The van der Waals surface area contributed by atoms with Crippen molar-refractivity contribution in [3.8, 4) is 0 Å². The lowest BCUT2D eigenvalue weighted by Crippen LogP contribution is -2.30. The first-order valence-electron chi connectivity index (χ1n) is 4.48. The summed E-state index contributed by atoms with van der Waals surface area (Å²) in [6.07, 6.45) is 0. The summed E-state index contributed by atoms with van der Waals surface area (Å²) in [5.41, 5.74) is 0. The van der Waals surface area contributed by atoms with Crippen molar-refractivity contribution >= 4 is 30.9 Å². The molecular formula is C7H15Cl2N2O2P. The van der Waals surface area contributed by atoms with E-state index in [9.17, 15) is 4.57 Å². The van der Waals surface area contributed by atoms with Gasteiger partial charge in [-0.25, -0.2) is 9.34 Å². The molecule has 0 saturated carbocycles. The Balaban J connectivity index is 2.69. The molecule has 1 aliphatic rings. The fraction of sp³-hybridized carbons (Fsp3) is 1.00. The molecule has 7 heteroatoms. The Hall–Kier alpha value is 0.690. The van der Waals surface area contributed by atoms with E-state index in [0.717, 1.165) is 0 Å². The number of hydrogen-bond acceptors (Lipinski definition) is 2. The van der Waals surface area contributed by atoms with Crippen LogP contribution in [0.25, 0.3) is 0 Å². The van der Waals surface area contributed by atoms with E-state index in [1.165, 1.54) is 0 Å². The third-order valence-corrected chi connectivity index (χ3v) is 5.18. The average Bonchev–Trinajstić information content (AvgIpc) is 2.48. The maximum absolute atomic E-state index is 12.3. The lowest BCUT2D eigenvalue weighted by molar-refractivity contribution is 0.297. The van der Waals surface area contributed by atoms with Crippen LogP contribution < -0.4 is 0 Å². The molecule has 1 atom stereocenters. The Morgan fingerprint density at radius 1 is 1.43 bits per heavy atom. The molecule has 1 heterocycles. The first-order valence-corrected chi connectivity index (χ1v) is 7.08. The molecule has 0 N–H and O–H groups in total. The van der Waals surface area contributed by atoms with Gasteiger partial charge in [-0.3, -0.25) is 4.57 Å². The highest BCUT2D eigenvalue weighted by Crippen LogP contribution is 2.56. The Morgan fingerprint density at radius 2 is 2.00 bits per heavy atom. The molecule has 1 saturated heterocycles. The SMILES string of the molecule is CN1CCOP1(=O)N(CCCl)CCCl. The molecule has 0 amide bonds. The van der Waals surface area contributed by atoms with E-state index in [0.29, 0.717) is 38.0 Å². The Bertz CT molecular complexity index is 224. The molecule has 14 heavy (non-hydrogen) atoms. The zero-order valence-electron chi connectivity index (χ0n) is 8.16. The molecule has 0 bridgehead atoms. The molecule has 1 unspecified atom stereocenters. The summed E-state index contributed by atoms with van der Waals surface area (Å²) in [7, 11) is -1.01. The second-order valence-electron chi connectivity index (χ2n) is 3.04. The largest absolute Gasteiger partial charge is 0.345 e. The molecule has 4 nitrogen and oxygen atoms in total. The third kappa shape index (κ3) is 2.63. The van der Waals surface area contributed by atoms with Crippen molar-refractivity contribution in [3.63, 3.8) is 0 Å². The standard InChI is InChI=1S/C7H15Cl2N2O2P/c1-10-6-7-13-14(10,12)11(4-2-8)5-3-9/h2-7H2,1H3. The van der Waals surface area contributed by atoms with Gasteiger partial charge in [0, 0.05) is 31.4 Å². The maximum Gasteiger partial charge on any atom is 0.345 e. The zero-order chi connectivity index (χ0) is 10.6. The molecule has 0 aromatic heterocycles. The van der Waals surface area contributed by atoms with Crippen LogP contribution in [0.3, 0.4) is 0 Å². The number of hydrogen-bond donors (Lipinski definition) is 0. The number of rotatable bonds is 5. The van der Waals surface area contributed by atoms with Crippen LogP contribution in [0.2, 0.25) is 0 Å². The predicted octanol–water partition coefficient (Wildman–Crippen LogP) is 1.84. The van der Waals surface area contributed by atoms with Crippen molar-refractivity contribution in [1.82, 2.24) is 9.34 Å². The van der Waals surface area contributed by atoms with Crippen LogP contribution in [0.1, 0.15) is 0 Å². The van der Waals surface area contributed by atoms with Crippen LogP contribution in [0.15, 0.2) is 0 Å². The maximum atomic E-state index is 12.3. The average molecular weight is 261 g/mol. The molecule has 0 aliphatic carbocycles. The monoisotopic (exact) mass is 260 g/mol. The highest BCUT2D eigenvalue weighted by molar-refractivity contribution is 7.54. The summed E-state index contributed by atoms with van der Waals surface area (Å²) in [5.74, 6) is 0.857. The predicted molar refractivity (Wildman–Crippen MR) is 59.2 cm³/mol. The molecular weight excluding hydrogens is 246 g/mol. The number of halogens is 2. The second-order valence-corrected chi connectivity index (χ2v) is 6.28. The third-order valence-electron chi connectivity index (χ3n) is 2.15. The van der Waals surface area contributed by atoms with Crippen molar-refractivity contribution in [3.05, 3.63) is 0 Å². The van der Waals surface area contributed by atoms with Gasteiger partial charge >= 0.3 is 7.67 Å². The van der Waals surface area contributed by atoms with Gasteiger partial charge < -0.3 is 4.52 Å². The van der Waals surface area contributed by atoms with E-state index >= 15 is 0 Å². The van der Waals surface area contributed by atoms with Crippen LogP contribution in [0.5, 0.6) is 0 Å². The van der Waals surface area contributed by atoms with E-state index in [4.69, 9.17) is 27.7 Å². The van der Waals surface area contributed by atoms with Gasteiger partial charge in [-0.15, -0.1) is 23.2 Å². The minimum atomic E-state index is -2.81. The smallest absolute Gasteiger partial charge is 0.305 e. The van der Waals surface area contributed by atoms with Crippen molar-refractivity contribution in [2.24, 2.45) is 0 Å². The van der Waals surface area contributed by atoms with E-state index < -0.39 is 7.67 Å². The molecule has 0 aromatic rings. The van der Waals surface area contributed by atoms with Crippen LogP contribution in [0, 0.1) is 0 Å². The number of nitrogens with zero attached hydrogens (tertiary/aromatic N) is 2. The summed E-state index contributed by atoms with van der Waals surface area (Å²) in [4.78, 5) is 0. The molecule has 1 aliphatic heterocycles. The van der Waals surface area contributed by atoms with Crippen LogP contribution >= 0.6 is 30.9 Å². The summed E-state index contributed by atoms with van der Waals surface area (Å²) < 4.78 is 21.1. The Kier molecular flexibility index (Phi) is 5.18. The highest BCUT2D eigenvalue weighted by Gasteiger charge is 2.40. The van der Waals surface area contributed by atoms with Gasteiger partial charge in [0.2, 0.25) is 0 Å². The first kappa shape index (κ1) is 12.8. The number of alkyl halides is 2. The van der Waals surface area contributed by atoms with Crippen molar-refractivity contribution in [1.29, 1.82) is 0 Å². The van der Waals surface area contributed by atoms with Crippen LogP contribution in [-0.2, 0) is 9.09 Å². The lowest BCUT2D eigenvalue weighted by Gasteiger charge is -2.29. The van der Waals surface area contributed by atoms with Gasteiger partial charge in [-0.2, -0.15) is 0 Å². The highest BCUT2D eigenvalue weighted by atomic mass is 35.5. The van der Waals surface area contributed by atoms with Crippen molar-refractivity contribution < 1.29 is 9.09 Å². The first-order chi connectivity index (χ1) is 6.65. The van der Waals surface area contributed by atoms with Crippen LogP contribution in [-0.4, -0.2) is 54.4 Å². The van der Waals surface area contributed by atoms with Gasteiger partial charge in [-0.05, 0) is 7.05 Å². The van der Waals surface area contributed by atoms with Gasteiger partial charge in [0.25, 0.3) is 0 Å². The van der Waals surface area contributed by atoms with E-state index in [-0.39, 0.29) is 0 Å². The van der Waals surface area contributed by atoms with Gasteiger partial charge in [-0.1, -0.05) is 0 Å². The minimum absolute atomic E-state index is 0.429. The van der Waals surface area contributed by atoms with E-state index in [2.05, 4.69) is 0 Å². The summed E-state index contributed by atoms with van der Waals surface area (Å²) in [5, 5.41) is 0. The van der Waals surface area contributed by atoms with Crippen molar-refractivity contribution in [2.45, 2.75) is 0 Å². The minimum Gasteiger partial charge on any atom is -0.305 e. The van der Waals surface area contributed by atoms with Crippen LogP contribution in [0.4, 0.5) is 0 Å². The van der Waals surface area contributed by atoms with Gasteiger partial charge in [0.1, 0.15) is 0 Å². The fourth-order valence-corrected chi connectivity index (χ4v) is 4.17. The van der Waals surface area contributed by atoms with Gasteiger partial charge in [0.05, 0.1) is 6.61 Å². The lowest BCUT2D eigenvalue weighted by atomic mass is 10.6. The van der Waals surface area contributed by atoms with E-state index in [1.807, 2.05) is 0 Å². The molecule has 0 radical (unpaired) electrons. The van der Waals surface area contributed by atoms with Gasteiger partial charge in [0.15, 0.2) is 0 Å². The van der Waals surface area contributed by atoms with E-state index in [1.54, 1.807) is 16.4 Å². The zero-order valence-corrected chi connectivity index (χ0v) is 10.6. The molecule has 1 rings (SSSR count).